The van der Waals surface area contributed by atoms with Crippen LogP contribution in [0.15, 0.2) is 24.3 Å². The van der Waals surface area contributed by atoms with Crippen LogP contribution in [0.2, 0.25) is 5.02 Å². The number of hydrogen-bond donors (Lipinski definition) is 0. The van der Waals surface area contributed by atoms with Gasteiger partial charge < -0.3 is 0 Å². The predicted octanol–water partition coefficient (Wildman–Crippen LogP) is 3.64. The minimum atomic E-state index is -3.15. The normalized spacial score (nSPS) is 11.5. The summed E-state index contributed by atoms with van der Waals surface area (Å²) >= 11 is 16.4. The molecule has 0 aliphatic carbocycles. The Balaban J connectivity index is 3.09. The van der Waals surface area contributed by atoms with Gasteiger partial charge in [-0.2, -0.15) is 0 Å². The molecule has 1 rings (SSSR count). The lowest BCUT2D eigenvalue weighted by Gasteiger charge is -2.00. The van der Waals surface area contributed by atoms with Crippen molar-refractivity contribution in [3.8, 4) is 0 Å². The van der Waals surface area contributed by atoms with Gasteiger partial charge in [0.1, 0.15) is 0 Å². The summed E-state index contributed by atoms with van der Waals surface area (Å²) in [5.74, 6) is -3.15. The standard InChI is InChI=1S/C6H4Cl3OP/c7-5-1-3-6(4-2-5)11(8,9)10/h1-4H. The summed E-state index contributed by atoms with van der Waals surface area (Å²) < 4.78 is 11.0. The molecular formula is C6H4Cl3OP. The van der Waals surface area contributed by atoms with Crippen molar-refractivity contribution in [3.63, 3.8) is 0 Å². The van der Waals surface area contributed by atoms with Gasteiger partial charge in [0.15, 0.2) is 0 Å². The first-order chi connectivity index (χ1) is 5.00. The molecule has 11 heavy (non-hydrogen) atoms. The maximum absolute atomic E-state index is 11.0. The van der Waals surface area contributed by atoms with Crippen LogP contribution in [0.25, 0.3) is 0 Å². The highest BCUT2D eigenvalue weighted by Crippen LogP contribution is 2.55. The second-order valence-electron chi connectivity index (χ2n) is 1.94. The molecule has 0 amide bonds. The molecule has 1 aromatic rings. The van der Waals surface area contributed by atoms with Gasteiger partial charge in [0.05, 0.1) is 0 Å². The largest absolute Gasteiger partial charge is 0.284 e. The fourth-order valence-electron chi connectivity index (χ4n) is 0.615. The van der Waals surface area contributed by atoms with E-state index in [2.05, 4.69) is 0 Å². The molecule has 0 N–H and O–H groups in total. The number of benzene rings is 1. The third-order valence-electron chi connectivity index (χ3n) is 1.13. The Hall–Kier alpha value is 0.320. The van der Waals surface area contributed by atoms with Crippen molar-refractivity contribution < 1.29 is 4.57 Å². The number of hydrogen-bond acceptors (Lipinski definition) is 1. The van der Waals surface area contributed by atoms with Crippen molar-refractivity contribution in [1.82, 2.24) is 0 Å². The molecule has 0 aliphatic heterocycles. The SMILES string of the molecule is O=P(Cl)(Cl)c1ccc(Cl)cc1. The fraction of sp³-hybridized carbons (Fsp3) is 0. The van der Waals surface area contributed by atoms with Crippen LogP contribution < -0.4 is 5.30 Å². The van der Waals surface area contributed by atoms with Crippen molar-refractivity contribution in [3.05, 3.63) is 29.3 Å². The third kappa shape index (κ3) is 2.68. The molecule has 0 radical (unpaired) electrons. The zero-order valence-electron chi connectivity index (χ0n) is 5.30. The summed E-state index contributed by atoms with van der Waals surface area (Å²) in [5.41, 5.74) is 0. The predicted molar refractivity (Wildman–Crippen MR) is 50.4 cm³/mol. The summed E-state index contributed by atoms with van der Waals surface area (Å²) in [5, 5.41) is 0.973. The van der Waals surface area contributed by atoms with E-state index in [1.807, 2.05) is 0 Å². The molecule has 5 heteroatoms. The molecule has 0 unspecified atom stereocenters. The van der Waals surface area contributed by atoms with E-state index in [9.17, 15) is 4.57 Å². The Morgan fingerprint density at radius 3 is 1.91 bits per heavy atom. The van der Waals surface area contributed by atoms with Crippen molar-refractivity contribution in [1.29, 1.82) is 0 Å². The Bertz CT molecular complexity index is 289. The lowest BCUT2D eigenvalue weighted by molar-refractivity contribution is 0.597. The molecule has 0 saturated carbocycles. The van der Waals surface area contributed by atoms with Gasteiger partial charge in [-0.3, -0.25) is 4.57 Å². The maximum Gasteiger partial charge on any atom is 0.281 e. The average molecular weight is 229 g/mol. The first-order valence-electron chi connectivity index (χ1n) is 2.75. The smallest absolute Gasteiger partial charge is 0.281 e. The van der Waals surface area contributed by atoms with Crippen LogP contribution in [0.5, 0.6) is 0 Å². The van der Waals surface area contributed by atoms with Gasteiger partial charge in [-0.25, -0.2) is 0 Å². The van der Waals surface area contributed by atoms with E-state index < -0.39 is 5.85 Å². The number of halogens is 3. The van der Waals surface area contributed by atoms with Crippen LogP contribution >= 0.6 is 39.9 Å². The summed E-state index contributed by atoms with van der Waals surface area (Å²) in [4.78, 5) is 0. The first kappa shape index (κ1) is 9.41. The fourth-order valence-corrected chi connectivity index (χ4v) is 1.91. The van der Waals surface area contributed by atoms with Crippen LogP contribution in [0, 0.1) is 0 Å². The van der Waals surface area contributed by atoms with Crippen LogP contribution in [-0.2, 0) is 4.57 Å². The number of rotatable bonds is 1. The van der Waals surface area contributed by atoms with E-state index in [1.165, 1.54) is 0 Å². The Morgan fingerprint density at radius 2 is 1.55 bits per heavy atom. The summed E-state index contributed by atoms with van der Waals surface area (Å²) in [6.07, 6.45) is 0. The molecule has 0 saturated heterocycles. The average Bonchev–Trinajstić information content (AvgIpc) is 1.86. The molecule has 0 heterocycles. The van der Waals surface area contributed by atoms with Crippen molar-refractivity contribution in [2.75, 3.05) is 0 Å². The molecule has 0 spiro atoms. The molecule has 0 fully saturated rings. The van der Waals surface area contributed by atoms with E-state index >= 15 is 0 Å². The van der Waals surface area contributed by atoms with Crippen LogP contribution in [-0.4, -0.2) is 0 Å². The summed E-state index contributed by atoms with van der Waals surface area (Å²) in [6.45, 7) is 0. The van der Waals surface area contributed by atoms with Crippen molar-refractivity contribution >= 4 is 45.2 Å². The third-order valence-corrected chi connectivity index (χ3v) is 3.45. The quantitative estimate of drug-likeness (QED) is 0.672. The molecule has 1 nitrogen and oxygen atoms in total. The van der Waals surface area contributed by atoms with E-state index in [0.717, 1.165) is 0 Å². The highest BCUT2D eigenvalue weighted by molar-refractivity contribution is 8.13. The Labute approximate surface area is 79.2 Å². The lowest BCUT2D eigenvalue weighted by Crippen LogP contribution is -1.94. The molecule has 0 aliphatic rings. The monoisotopic (exact) mass is 228 g/mol. The van der Waals surface area contributed by atoms with Crippen LogP contribution in [0.3, 0.4) is 0 Å². The molecule has 60 valence electrons. The highest BCUT2D eigenvalue weighted by Gasteiger charge is 2.16. The molecule has 0 aromatic heterocycles. The zero-order valence-corrected chi connectivity index (χ0v) is 8.46. The van der Waals surface area contributed by atoms with Crippen molar-refractivity contribution in [2.45, 2.75) is 0 Å². The van der Waals surface area contributed by atoms with E-state index in [4.69, 9.17) is 34.1 Å². The maximum atomic E-state index is 11.0. The van der Waals surface area contributed by atoms with Gasteiger partial charge in [0, 0.05) is 10.3 Å². The molecule has 0 bridgehead atoms. The molecule has 1 aromatic carbocycles. The summed E-state index contributed by atoms with van der Waals surface area (Å²) in [7, 11) is 0. The Morgan fingerprint density at radius 1 is 1.09 bits per heavy atom. The van der Waals surface area contributed by atoms with Gasteiger partial charge in [-0.1, -0.05) is 11.6 Å². The van der Waals surface area contributed by atoms with E-state index in [1.54, 1.807) is 24.3 Å². The van der Waals surface area contributed by atoms with E-state index in [-0.39, 0.29) is 0 Å². The summed E-state index contributed by atoms with van der Waals surface area (Å²) in [6, 6.07) is 6.27. The van der Waals surface area contributed by atoms with Crippen LogP contribution in [0.4, 0.5) is 0 Å². The second-order valence-corrected chi connectivity index (χ2v) is 7.19. The second kappa shape index (κ2) is 3.37. The Kier molecular flexibility index (Phi) is 2.88. The van der Waals surface area contributed by atoms with E-state index in [0.29, 0.717) is 10.3 Å². The first-order valence-corrected chi connectivity index (χ1v) is 6.65. The molecule has 0 atom stereocenters. The minimum absolute atomic E-state index is 0.408. The van der Waals surface area contributed by atoms with Crippen LogP contribution in [0.1, 0.15) is 0 Å². The molecular weight excluding hydrogens is 225 g/mol. The minimum Gasteiger partial charge on any atom is -0.284 e. The van der Waals surface area contributed by atoms with Gasteiger partial charge >= 0.3 is 0 Å². The van der Waals surface area contributed by atoms with Gasteiger partial charge in [0.2, 0.25) is 0 Å². The van der Waals surface area contributed by atoms with Gasteiger partial charge in [0.25, 0.3) is 5.85 Å². The van der Waals surface area contributed by atoms with Crippen molar-refractivity contribution in [2.24, 2.45) is 0 Å². The highest BCUT2D eigenvalue weighted by atomic mass is 35.9. The van der Waals surface area contributed by atoms with Gasteiger partial charge in [-0.15, -0.1) is 0 Å². The van der Waals surface area contributed by atoms with Gasteiger partial charge in [-0.05, 0) is 46.7 Å². The topological polar surface area (TPSA) is 17.1 Å². The zero-order chi connectivity index (χ0) is 8.48. The lowest BCUT2D eigenvalue weighted by atomic mass is 10.4.